The number of aromatic nitrogens is 4. The van der Waals surface area contributed by atoms with Gasteiger partial charge in [0, 0.05) is 42.9 Å². The number of carbonyl (C=O) groups excluding carboxylic acids is 2. The van der Waals surface area contributed by atoms with E-state index >= 15 is 0 Å². The zero-order valence-corrected chi connectivity index (χ0v) is 21.6. The van der Waals surface area contributed by atoms with Crippen molar-refractivity contribution < 1.29 is 18.7 Å². The molecule has 198 valence electrons. The van der Waals surface area contributed by atoms with Gasteiger partial charge in [-0.25, -0.2) is 14.1 Å². The third-order valence-electron chi connectivity index (χ3n) is 6.80. The number of carbonyl (C=O) groups is 2. The first-order valence-corrected chi connectivity index (χ1v) is 12.6. The summed E-state index contributed by atoms with van der Waals surface area (Å²) in [5.74, 6) is -1.54. The Labute approximate surface area is 223 Å². The molecule has 2 aromatic carbocycles. The van der Waals surface area contributed by atoms with Gasteiger partial charge in [-0.15, -0.1) is 0 Å². The Morgan fingerprint density at radius 1 is 1.13 bits per heavy atom. The quantitative estimate of drug-likeness (QED) is 0.422. The lowest BCUT2D eigenvalue weighted by Gasteiger charge is -2.22. The molecular formula is C28H26FN7O3. The van der Waals surface area contributed by atoms with E-state index in [2.05, 4.69) is 25.8 Å². The molecule has 2 aromatic heterocycles. The zero-order valence-electron chi connectivity index (χ0n) is 21.6. The minimum Gasteiger partial charge on any atom is -0.474 e. The molecule has 2 N–H and O–H groups in total. The molecule has 4 heterocycles. The van der Waals surface area contributed by atoms with Gasteiger partial charge in [0.05, 0.1) is 23.2 Å². The first-order valence-electron chi connectivity index (χ1n) is 12.6. The molecule has 0 aliphatic carbocycles. The van der Waals surface area contributed by atoms with Gasteiger partial charge in [0.25, 0.3) is 11.8 Å². The van der Waals surface area contributed by atoms with Crippen LogP contribution in [0, 0.1) is 12.7 Å². The van der Waals surface area contributed by atoms with Crippen LogP contribution < -0.4 is 15.4 Å². The summed E-state index contributed by atoms with van der Waals surface area (Å²) in [7, 11) is 1.79. The molecule has 2 amide bonds. The number of rotatable bonds is 4. The summed E-state index contributed by atoms with van der Waals surface area (Å²) in [6, 6.07) is 13.6. The van der Waals surface area contributed by atoms with E-state index in [-0.39, 0.29) is 17.4 Å². The zero-order chi connectivity index (χ0) is 27.3. The molecule has 0 saturated heterocycles. The molecule has 0 bridgehead atoms. The number of nitrogens with one attached hydrogen (secondary N) is 2. The Balaban J connectivity index is 1.44. The average Bonchev–Trinajstić information content (AvgIpc) is 3.41. The minimum absolute atomic E-state index is 0.00796. The van der Waals surface area contributed by atoms with Crippen LogP contribution in [0.1, 0.15) is 40.5 Å². The standard InChI is InChI=1S/C28H26FN7O3/c1-15-12-13-36-28(39-15)21(24(34-36)19-14-35(3)33-16(19)2)26(37)32-25-27(38)31-23-18(10-7-11-20(23)29)22(30-25)17-8-5-4-6-9-17/h4-11,14-15,25H,12-13H2,1-3H3,(H,31,38)(H,32,37)/t15-,25-/m1/s1. The van der Waals surface area contributed by atoms with Gasteiger partial charge < -0.3 is 15.4 Å². The molecule has 0 fully saturated rings. The number of benzodiazepines with no additional fused rings is 1. The lowest BCUT2D eigenvalue weighted by Crippen LogP contribution is -2.42. The second-order valence-electron chi connectivity index (χ2n) is 9.64. The number of amides is 2. The van der Waals surface area contributed by atoms with E-state index in [4.69, 9.17) is 4.74 Å². The largest absolute Gasteiger partial charge is 0.474 e. The van der Waals surface area contributed by atoms with Gasteiger partial charge in [0.1, 0.15) is 17.1 Å². The normalized spacial score (nSPS) is 18.3. The van der Waals surface area contributed by atoms with Crippen LogP contribution in [0.2, 0.25) is 0 Å². The van der Waals surface area contributed by atoms with Crippen LogP contribution in [0.5, 0.6) is 5.88 Å². The molecule has 0 saturated carbocycles. The maximum atomic E-state index is 14.8. The summed E-state index contributed by atoms with van der Waals surface area (Å²) < 4.78 is 24.2. The highest BCUT2D eigenvalue weighted by Crippen LogP contribution is 2.35. The first-order chi connectivity index (χ1) is 18.8. The summed E-state index contributed by atoms with van der Waals surface area (Å²) in [5, 5.41) is 14.4. The number of aliphatic imine (C=N–C) groups is 1. The summed E-state index contributed by atoms with van der Waals surface area (Å²) in [5.41, 5.74) is 3.43. The number of anilines is 1. The van der Waals surface area contributed by atoms with Crippen LogP contribution in [0.3, 0.4) is 0 Å². The Morgan fingerprint density at radius 3 is 2.67 bits per heavy atom. The Morgan fingerprint density at radius 2 is 1.92 bits per heavy atom. The summed E-state index contributed by atoms with van der Waals surface area (Å²) in [6.07, 6.45) is 1.05. The lowest BCUT2D eigenvalue weighted by molar-refractivity contribution is -0.117. The molecule has 39 heavy (non-hydrogen) atoms. The molecule has 0 radical (unpaired) electrons. The average molecular weight is 528 g/mol. The monoisotopic (exact) mass is 527 g/mol. The minimum atomic E-state index is -1.35. The van der Waals surface area contributed by atoms with E-state index < -0.39 is 23.8 Å². The molecular weight excluding hydrogens is 501 g/mol. The number of aryl methyl sites for hydroxylation is 3. The van der Waals surface area contributed by atoms with Crippen LogP contribution in [-0.2, 0) is 18.4 Å². The van der Waals surface area contributed by atoms with Crippen molar-refractivity contribution in [3.63, 3.8) is 0 Å². The predicted octanol–water partition coefficient (Wildman–Crippen LogP) is 3.45. The van der Waals surface area contributed by atoms with Gasteiger partial charge in [-0.1, -0.05) is 42.5 Å². The Bertz CT molecular complexity index is 1640. The number of halogens is 1. The smallest absolute Gasteiger partial charge is 0.269 e. The maximum Gasteiger partial charge on any atom is 0.269 e. The van der Waals surface area contributed by atoms with Crippen molar-refractivity contribution in [3.05, 3.63) is 82.9 Å². The van der Waals surface area contributed by atoms with Crippen molar-refractivity contribution in [3.8, 4) is 17.1 Å². The Hall–Kier alpha value is -4.80. The third kappa shape index (κ3) is 4.35. The van der Waals surface area contributed by atoms with E-state index in [1.165, 1.54) is 6.07 Å². The van der Waals surface area contributed by atoms with Crippen LogP contribution in [0.25, 0.3) is 11.3 Å². The molecule has 2 atom stereocenters. The number of hydrogen-bond acceptors (Lipinski definition) is 6. The van der Waals surface area contributed by atoms with E-state index in [1.807, 2.05) is 44.2 Å². The molecule has 4 aromatic rings. The van der Waals surface area contributed by atoms with Crippen molar-refractivity contribution in [2.45, 2.75) is 39.1 Å². The number of hydrogen-bond donors (Lipinski definition) is 2. The fourth-order valence-corrected chi connectivity index (χ4v) is 4.91. The van der Waals surface area contributed by atoms with E-state index in [0.717, 1.165) is 6.42 Å². The molecule has 2 aliphatic heterocycles. The number of nitrogens with zero attached hydrogens (tertiary/aromatic N) is 5. The number of fused-ring (bicyclic) bond motifs is 2. The molecule has 0 unspecified atom stereocenters. The van der Waals surface area contributed by atoms with E-state index in [0.29, 0.717) is 46.2 Å². The van der Waals surface area contributed by atoms with Gasteiger partial charge in [-0.05, 0) is 19.9 Å². The highest BCUT2D eigenvalue weighted by molar-refractivity contribution is 6.20. The van der Waals surface area contributed by atoms with Crippen molar-refractivity contribution in [1.82, 2.24) is 24.9 Å². The van der Waals surface area contributed by atoms with Crippen LogP contribution >= 0.6 is 0 Å². The van der Waals surface area contributed by atoms with Gasteiger partial charge in [0.2, 0.25) is 12.0 Å². The van der Waals surface area contributed by atoms with Crippen molar-refractivity contribution in [2.75, 3.05) is 5.32 Å². The van der Waals surface area contributed by atoms with Gasteiger partial charge in [-0.3, -0.25) is 14.3 Å². The van der Waals surface area contributed by atoms with Crippen molar-refractivity contribution in [2.24, 2.45) is 12.0 Å². The van der Waals surface area contributed by atoms with Crippen molar-refractivity contribution >= 4 is 23.2 Å². The van der Waals surface area contributed by atoms with Crippen molar-refractivity contribution in [1.29, 1.82) is 0 Å². The number of ether oxygens (including phenoxy) is 1. The second-order valence-corrected chi connectivity index (χ2v) is 9.64. The van der Waals surface area contributed by atoms with E-state index in [9.17, 15) is 14.0 Å². The van der Waals surface area contributed by atoms with Gasteiger partial charge in [0.15, 0.2) is 0 Å². The van der Waals surface area contributed by atoms with E-state index in [1.54, 1.807) is 34.7 Å². The molecule has 10 nitrogen and oxygen atoms in total. The van der Waals surface area contributed by atoms with Gasteiger partial charge in [-0.2, -0.15) is 10.2 Å². The highest BCUT2D eigenvalue weighted by atomic mass is 19.1. The molecule has 11 heteroatoms. The van der Waals surface area contributed by atoms with Gasteiger partial charge >= 0.3 is 0 Å². The summed E-state index contributed by atoms with van der Waals surface area (Å²) in [4.78, 5) is 31.8. The molecule has 2 aliphatic rings. The molecule has 6 rings (SSSR count). The lowest BCUT2D eigenvalue weighted by atomic mass is 10.0. The summed E-state index contributed by atoms with van der Waals surface area (Å²) >= 11 is 0. The van der Waals surface area contributed by atoms with Crippen LogP contribution in [0.4, 0.5) is 10.1 Å². The highest BCUT2D eigenvalue weighted by Gasteiger charge is 2.35. The SMILES string of the molecule is Cc1nn(C)cc1-c1nn2c(c1C(=O)N[C@H]1N=C(c3ccccc3)c3cccc(F)c3NC1=O)O[C@H](C)CC2. The first kappa shape index (κ1) is 24.5. The van der Waals surface area contributed by atoms with Crippen LogP contribution in [-0.4, -0.2) is 49.4 Å². The fraction of sp³-hybridized carbons (Fsp3) is 0.250. The summed E-state index contributed by atoms with van der Waals surface area (Å²) in [6.45, 7) is 4.33. The maximum absolute atomic E-state index is 14.8. The number of para-hydroxylation sites is 1. The number of benzene rings is 2. The fourth-order valence-electron chi connectivity index (χ4n) is 4.91. The molecule has 0 spiro atoms. The topological polar surface area (TPSA) is 115 Å². The predicted molar refractivity (Wildman–Crippen MR) is 142 cm³/mol. The Kier molecular flexibility index (Phi) is 5.97. The third-order valence-corrected chi connectivity index (χ3v) is 6.80. The van der Waals surface area contributed by atoms with Crippen LogP contribution in [0.15, 0.2) is 59.7 Å². The second kappa shape index (κ2) is 9.50.